The number of benzene rings is 1. The standard InChI is InChI=1S/C19H17ClN2O4S2/c1-26-15-5-4-13(20)9-14(15)22-18(24)17(23)21-11-19(25,12-6-8-27-10-12)16-3-2-7-28-16/h2-10,25H,11H2,1H3,(H,21,23)(H,22,24). The minimum absolute atomic E-state index is 0.150. The maximum absolute atomic E-state index is 12.3. The average molecular weight is 437 g/mol. The lowest BCUT2D eigenvalue weighted by molar-refractivity contribution is -0.136. The summed E-state index contributed by atoms with van der Waals surface area (Å²) in [5.74, 6) is -1.40. The predicted molar refractivity (Wildman–Crippen MR) is 111 cm³/mol. The first-order valence-electron chi connectivity index (χ1n) is 8.16. The number of anilines is 1. The van der Waals surface area contributed by atoms with E-state index in [1.54, 1.807) is 24.3 Å². The molecular formula is C19H17ClN2O4S2. The molecule has 146 valence electrons. The third-order valence-corrected chi connectivity index (χ3v) is 5.99. The minimum atomic E-state index is -1.42. The Morgan fingerprint density at radius 2 is 2.04 bits per heavy atom. The van der Waals surface area contributed by atoms with Gasteiger partial charge in [-0.15, -0.1) is 11.3 Å². The number of hydrogen-bond donors (Lipinski definition) is 3. The number of thiophene rings is 2. The van der Waals surface area contributed by atoms with Gasteiger partial charge in [0.1, 0.15) is 11.4 Å². The summed E-state index contributed by atoms with van der Waals surface area (Å²) in [7, 11) is 1.45. The van der Waals surface area contributed by atoms with Gasteiger partial charge in [0.15, 0.2) is 0 Å². The molecule has 0 aliphatic carbocycles. The molecule has 0 fully saturated rings. The number of methoxy groups -OCH3 is 1. The van der Waals surface area contributed by atoms with Crippen LogP contribution in [0.25, 0.3) is 0 Å². The fraction of sp³-hybridized carbons (Fsp3) is 0.158. The lowest BCUT2D eigenvalue weighted by Gasteiger charge is -2.26. The number of halogens is 1. The van der Waals surface area contributed by atoms with Gasteiger partial charge < -0.3 is 20.5 Å². The Bertz CT molecular complexity index is 924. The normalized spacial score (nSPS) is 12.8. The molecule has 0 aliphatic heterocycles. The van der Waals surface area contributed by atoms with Crippen molar-refractivity contribution < 1.29 is 19.4 Å². The van der Waals surface area contributed by atoms with Crippen molar-refractivity contribution in [1.29, 1.82) is 0 Å². The van der Waals surface area contributed by atoms with E-state index in [0.29, 0.717) is 21.2 Å². The van der Waals surface area contributed by atoms with E-state index in [1.807, 2.05) is 22.2 Å². The van der Waals surface area contributed by atoms with Crippen LogP contribution in [0.1, 0.15) is 10.4 Å². The van der Waals surface area contributed by atoms with Crippen LogP contribution in [0.5, 0.6) is 5.75 Å². The molecule has 3 rings (SSSR count). The SMILES string of the molecule is COc1ccc(Cl)cc1NC(=O)C(=O)NCC(O)(c1ccsc1)c1cccs1. The van der Waals surface area contributed by atoms with Crippen molar-refractivity contribution >= 4 is 51.8 Å². The number of rotatable bonds is 6. The first-order valence-corrected chi connectivity index (χ1v) is 10.4. The average Bonchev–Trinajstić information content (AvgIpc) is 3.40. The number of aliphatic hydroxyl groups is 1. The number of carbonyl (C=O) groups is 2. The highest BCUT2D eigenvalue weighted by Crippen LogP contribution is 2.33. The topological polar surface area (TPSA) is 87.7 Å². The largest absolute Gasteiger partial charge is 0.495 e. The van der Waals surface area contributed by atoms with Crippen LogP contribution in [-0.2, 0) is 15.2 Å². The Balaban J connectivity index is 1.72. The van der Waals surface area contributed by atoms with Gasteiger partial charge in [-0.25, -0.2) is 0 Å². The van der Waals surface area contributed by atoms with E-state index in [2.05, 4.69) is 10.6 Å². The Morgan fingerprint density at radius 1 is 1.21 bits per heavy atom. The monoisotopic (exact) mass is 436 g/mol. The van der Waals surface area contributed by atoms with Crippen LogP contribution in [0.2, 0.25) is 5.02 Å². The number of hydrogen-bond acceptors (Lipinski definition) is 6. The Kier molecular flexibility index (Phi) is 6.35. The van der Waals surface area contributed by atoms with Crippen LogP contribution in [0, 0.1) is 0 Å². The lowest BCUT2D eigenvalue weighted by Crippen LogP contribution is -2.44. The number of carbonyl (C=O) groups excluding carboxylic acids is 2. The van der Waals surface area contributed by atoms with E-state index in [9.17, 15) is 14.7 Å². The van der Waals surface area contributed by atoms with Gasteiger partial charge in [-0.05, 0) is 46.5 Å². The zero-order valence-corrected chi connectivity index (χ0v) is 17.2. The van der Waals surface area contributed by atoms with E-state index in [-0.39, 0.29) is 12.2 Å². The molecule has 0 saturated heterocycles. The zero-order valence-electron chi connectivity index (χ0n) is 14.8. The highest BCUT2D eigenvalue weighted by Gasteiger charge is 2.34. The van der Waals surface area contributed by atoms with Gasteiger partial charge in [0.25, 0.3) is 0 Å². The van der Waals surface area contributed by atoms with E-state index in [1.165, 1.54) is 35.8 Å². The van der Waals surface area contributed by atoms with Gasteiger partial charge in [-0.3, -0.25) is 9.59 Å². The summed E-state index contributed by atoms with van der Waals surface area (Å²) in [4.78, 5) is 25.3. The van der Waals surface area contributed by atoms with Crippen molar-refractivity contribution in [3.63, 3.8) is 0 Å². The first kappa shape index (κ1) is 20.3. The maximum Gasteiger partial charge on any atom is 0.313 e. The summed E-state index contributed by atoms with van der Waals surface area (Å²) in [5, 5.41) is 22.1. The summed E-state index contributed by atoms with van der Waals surface area (Å²) < 4.78 is 5.15. The van der Waals surface area contributed by atoms with Crippen LogP contribution < -0.4 is 15.4 Å². The van der Waals surface area contributed by atoms with Gasteiger partial charge in [-0.1, -0.05) is 17.7 Å². The maximum atomic E-state index is 12.3. The van der Waals surface area contributed by atoms with Crippen molar-refractivity contribution in [3.05, 3.63) is 68.0 Å². The van der Waals surface area contributed by atoms with Crippen molar-refractivity contribution in [2.75, 3.05) is 19.0 Å². The fourth-order valence-electron chi connectivity index (χ4n) is 2.59. The van der Waals surface area contributed by atoms with Crippen LogP contribution in [-0.4, -0.2) is 30.6 Å². The summed E-state index contributed by atoms with van der Waals surface area (Å²) >= 11 is 8.74. The summed E-state index contributed by atoms with van der Waals surface area (Å²) in [6.45, 7) is -0.150. The quantitative estimate of drug-likeness (QED) is 0.516. The molecule has 2 amide bonds. The Hall–Kier alpha value is -2.39. The van der Waals surface area contributed by atoms with E-state index in [4.69, 9.17) is 16.3 Å². The second-order valence-corrected chi connectivity index (χ2v) is 8.00. The highest BCUT2D eigenvalue weighted by atomic mass is 35.5. The van der Waals surface area contributed by atoms with Gasteiger partial charge in [0.05, 0.1) is 19.3 Å². The molecule has 0 spiro atoms. The van der Waals surface area contributed by atoms with Crippen LogP contribution in [0.3, 0.4) is 0 Å². The third kappa shape index (κ3) is 4.36. The van der Waals surface area contributed by atoms with E-state index in [0.717, 1.165) is 0 Å². The summed E-state index contributed by atoms with van der Waals surface area (Å²) in [5.41, 5.74) is -0.489. The smallest absolute Gasteiger partial charge is 0.313 e. The van der Waals surface area contributed by atoms with Gasteiger partial charge in [0.2, 0.25) is 0 Å². The molecule has 1 unspecified atom stereocenters. The molecule has 2 aromatic heterocycles. The van der Waals surface area contributed by atoms with Gasteiger partial charge in [-0.2, -0.15) is 11.3 Å². The van der Waals surface area contributed by atoms with Crippen molar-refractivity contribution in [2.45, 2.75) is 5.60 Å². The van der Waals surface area contributed by atoms with Crippen molar-refractivity contribution in [1.82, 2.24) is 5.32 Å². The molecule has 0 bridgehead atoms. The molecule has 3 N–H and O–H groups in total. The lowest BCUT2D eigenvalue weighted by atomic mass is 9.94. The number of ether oxygens (including phenoxy) is 1. The second kappa shape index (κ2) is 8.74. The Labute approximate surface area is 174 Å². The van der Waals surface area contributed by atoms with Crippen molar-refractivity contribution in [2.24, 2.45) is 0 Å². The molecule has 0 aliphatic rings. The molecule has 1 atom stereocenters. The molecular weight excluding hydrogens is 420 g/mol. The fourth-order valence-corrected chi connectivity index (χ4v) is 4.33. The van der Waals surface area contributed by atoms with Crippen LogP contribution >= 0.6 is 34.3 Å². The third-order valence-electron chi connectivity index (χ3n) is 4.05. The molecule has 1 aromatic carbocycles. The minimum Gasteiger partial charge on any atom is -0.495 e. The summed E-state index contributed by atoms with van der Waals surface area (Å²) in [6, 6.07) is 10.1. The summed E-state index contributed by atoms with van der Waals surface area (Å²) in [6.07, 6.45) is 0. The molecule has 0 saturated carbocycles. The molecule has 3 aromatic rings. The highest BCUT2D eigenvalue weighted by molar-refractivity contribution is 7.10. The number of nitrogens with one attached hydrogen (secondary N) is 2. The molecule has 0 radical (unpaired) electrons. The first-order chi connectivity index (χ1) is 13.4. The molecule has 2 heterocycles. The molecule has 28 heavy (non-hydrogen) atoms. The van der Waals surface area contributed by atoms with Gasteiger partial charge in [0, 0.05) is 15.5 Å². The van der Waals surface area contributed by atoms with Gasteiger partial charge >= 0.3 is 11.8 Å². The van der Waals surface area contributed by atoms with Crippen LogP contribution in [0.15, 0.2) is 52.5 Å². The molecule has 9 heteroatoms. The second-order valence-electron chi connectivity index (χ2n) is 5.83. The number of amides is 2. The van der Waals surface area contributed by atoms with E-state index < -0.39 is 17.4 Å². The molecule has 6 nitrogen and oxygen atoms in total. The Morgan fingerprint density at radius 3 is 2.68 bits per heavy atom. The predicted octanol–water partition coefficient (Wildman–Crippen LogP) is 3.46. The van der Waals surface area contributed by atoms with Crippen LogP contribution in [0.4, 0.5) is 5.69 Å². The zero-order chi connectivity index (χ0) is 20.1. The van der Waals surface area contributed by atoms with E-state index >= 15 is 0 Å². The van der Waals surface area contributed by atoms with Crippen molar-refractivity contribution in [3.8, 4) is 5.75 Å².